The summed E-state index contributed by atoms with van der Waals surface area (Å²) in [4.78, 5) is 12.3. The van der Waals surface area contributed by atoms with E-state index in [0.717, 1.165) is 12.1 Å². The lowest BCUT2D eigenvalue weighted by molar-refractivity contribution is -0.133. The maximum Gasteiger partial charge on any atom is 0.265 e. The van der Waals surface area contributed by atoms with Gasteiger partial charge in [-0.1, -0.05) is 18.2 Å². The van der Waals surface area contributed by atoms with Gasteiger partial charge < -0.3 is 19.9 Å². The Morgan fingerprint density at radius 3 is 2.52 bits per heavy atom. The highest BCUT2D eigenvalue weighted by Crippen LogP contribution is 2.33. The molecule has 0 saturated heterocycles. The molecule has 0 radical (unpaired) electrons. The van der Waals surface area contributed by atoms with Gasteiger partial charge in [0.15, 0.2) is 23.1 Å². The van der Waals surface area contributed by atoms with Crippen LogP contribution in [0.4, 0.5) is 8.78 Å². The highest BCUT2D eigenvalue weighted by atomic mass is 19.2. The lowest BCUT2D eigenvalue weighted by Gasteiger charge is -2.31. The topological polar surface area (TPSA) is 67.8 Å². The number of aliphatic hydroxyl groups excluding tert-OH is 1. The number of hydrogen-bond acceptors (Lipinski definition) is 4. The van der Waals surface area contributed by atoms with Crippen LogP contribution in [0, 0.1) is 11.6 Å². The number of fused-ring (bicyclic) bond motifs is 1. The number of halogens is 2. The van der Waals surface area contributed by atoms with Gasteiger partial charge in [0.25, 0.3) is 5.91 Å². The van der Waals surface area contributed by atoms with Crippen molar-refractivity contribution in [3.05, 3.63) is 59.7 Å². The molecular weight excluding hydrogens is 332 g/mol. The number of benzene rings is 2. The Morgan fingerprint density at radius 1 is 1.16 bits per heavy atom. The Balaban J connectivity index is 1.61. The van der Waals surface area contributed by atoms with E-state index in [0.29, 0.717) is 11.5 Å². The van der Waals surface area contributed by atoms with E-state index in [1.54, 1.807) is 31.2 Å². The molecule has 3 rings (SSSR count). The van der Waals surface area contributed by atoms with E-state index in [2.05, 4.69) is 5.32 Å². The largest absolute Gasteiger partial charge is 0.482 e. The molecule has 132 valence electrons. The first-order chi connectivity index (χ1) is 12.0. The zero-order valence-corrected chi connectivity index (χ0v) is 13.4. The van der Waals surface area contributed by atoms with E-state index in [1.165, 1.54) is 6.07 Å². The molecule has 0 spiro atoms. The van der Waals surface area contributed by atoms with Gasteiger partial charge in [0.05, 0.1) is 6.10 Å². The average Bonchev–Trinajstić information content (AvgIpc) is 2.61. The van der Waals surface area contributed by atoms with Gasteiger partial charge in [-0.3, -0.25) is 4.79 Å². The number of ether oxygens (including phenoxy) is 2. The van der Waals surface area contributed by atoms with Crippen molar-refractivity contribution in [3.63, 3.8) is 0 Å². The van der Waals surface area contributed by atoms with Crippen molar-refractivity contribution in [3.8, 4) is 11.5 Å². The molecule has 1 aliphatic rings. The quantitative estimate of drug-likeness (QED) is 0.889. The number of hydrogen-bond donors (Lipinski definition) is 2. The first-order valence-corrected chi connectivity index (χ1v) is 7.79. The van der Waals surface area contributed by atoms with Crippen LogP contribution in [0.3, 0.4) is 0 Å². The number of carbonyl (C=O) groups is 1. The molecule has 3 atom stereocenters. The van der Waals surface area contributed by atoms with Gasteiger partial charge in [-0.15, -0.1) is 0 Å². The third-order valence-corrected chi connectivity index (χ3v) is 3.90. The first kappa shape index (κ1) is 17.2. The normalized spacial score (nSPS) is 20.0. The Hall–Kier alpha value is -2.67. The van der Waals surface area contributed by atoms with Gasteiger partial charge >= 0.3 is 0 Å². The summed E-state index contributed by atoms with van der Waals surface area (Å²) in [7, 11) is 0. The van der Waals surface area contributed by atoms with Crippen LogP contribution >= 0.6 is 0 Å². The van der Waals surface area contributed by atoms with Crippen LogP contribution in [-0.2, 0) is 4.79 Å². The minimum absolute atomic E-state index is 0.165. The van der Waals surface area contributed by atoms with E-state index >= 15 is 0 Å². The van der Waals surface area contributed by atoms with Crippen molar-refractivity contribution in [1.82, 2.24) is 5.32 Å². The maximum atomic E-state index is 13.2. The average molecular weight is 349 g/mol. The van der Waals surface area contributed by atoms with E-state index in [1.807, 2.05) is 0 Å². The molecule has 1 heterocycles. The molecule has 0 fully saturated rings. The molecule has 0 aromatic heterocycles. The predicted molar refractivity (Wildman–Crippen MR) is 85.3 cm³/mol. The summed E-state index contributed by atoms with van der Waals surface area (Å²) >= 11 is 0. The zero-order valence-electron chi connectivity index (χ0n) is 13.4. The fourth-order valence-corrected chi connectivity index (χ4v) is 2.54. The fourth-order valence-electron chi connectivity index (χ4n) is 2.54. The molecule has 1 amide bonds. The van der Waals surface area contributed by atoms with Gasteiger partial charge in [0.1, 0.15) is 6.10 Å². The Morgan fingerprint density at radius 2 is 1.84 bits per heavy atom. The highest BCUT2D eigenvalue weighted by molar-refractivity contribution is 5.82. The van der Waals surface area contributed by atoms with Gasteiger partial charge in [-0.05, 0) is 36.8 Å². The fraction of sp³-hybridized carbons (Fsp3) is 0.278. The summed E-state index contributed by atoms with van der Waals surface area (Å²) in [5.41, 5.74) is 0.165. The molecular formula is C18H17F2NO4. The number of carbonyl (C=O) groups excluding carboxylic acids is 1. The van der Waals surface area contributed by atoms with Crippen LogP contribution in [0.5, 0.6) is 11.5 Å². The smallest absolute Gasteiger partial charge is 0.265 e. The minimum atomic E-state index is -1.17. The van der Waals surface area contributed by atoms with Gasteiger partial charge in [0, 0.05) is 6.54 Å². The number of para-hydroxylation sites is 2. The second-order valence-corrected chi connectivity index (χ2v) is 5.74. The summed E-state index contributed by atoms with van der Waals surface area (Å²) in [5, 5.41) is 12.6. The molecule has 2 N–H and O–H groups in total. The molecule has 7 heteroatoms. The number of amides is 1. The van der Waals surface area contributed by atoms with Crippen LogP contribution < -0.4 is 14.8 Å². The van der Waals surface area contributed by atoms with Crippen LogP contribution in [0.15, 0.2) is 42.5 Å². The monoisotopic (exact) mass is 349 g/mol. The molecule has 25 heavy (non-hydrogen) atoms. The van der Waals surface area contributed by atoms with Gasteiger partial charge in [-0.25, -0.2) is 8.78 Å². The lowest BCUT2D eigenvalue weighted by atomic mass is 10.1. The van der Waals surface area contributed by atoms with Crippen LogP contribution in [0.2, 0.25) is 0 Å². The van der Waals surface area contributed by atoms with Crippen molar-refractivity contribution >= 4 is 5.91 Å². The lowest BCUT2D eigenvalue weighted by Crippen LogP contribution is -2.49. The molecule has 0 bridgehead atoms. The third-order valence-electron chi connectivity index (χ3n) is 3.90. The Bertz CT molecular complexity index is 783. The van der Waals surface area contributed by atoms with Crippen LogP contribution in [0.1, 0.15) is 18.6 Å². The third kappa shape index (κ3) is 3.71. The number of rotatable bonds is 4. The van der Waals surface area contributed by atoms with E-state index < -0.39 is 35.9 Å². The zero-order chi connectivity index (χ0) is 18.0. The van der Waals surface area contributed by atoms with E-state index in [9.17, 15) is 18.7 Å². The SMILES string of the molecule is C[C@@H]1Oc2ccccc2O[C@H]1C(=O)NC[C@H](O)c1ccc(F)c(F)c1. The summed E-state index contributed by atoms with van der Waals surface area (Å²) in [6.45, 7) is 1.53. The Labute approximate surface area is 143 Å². The molecule has 5 nitrogen and oxygen atoms in total. The second-order valence-electron chi connectivity index (χ2n) is 5.74. The summed E-state index contributed by atoms with van der Waals surface area (Å²) in [6, 6.07) is 10.1. The molecule has 2 aromatic carbocycles. The second kappa shape index (κ2) is 7.06. The van der Waals surface area contributed by atoms with Gasteiger partial charge in [-0.2, -0.15) is 0 Å². The van der Waals surface area contributed by atoms with Crippen molar-refractivity contribution in [2.45, 2.75) is 25.2 Å². The number of nitrogens with one attached hydrogen (secondary N) is 1. The predicted octanol–water partition coefficient (Wildman–Crippen LogP) is 2.34. The van der Waals surface area contributed by atoms with E-state index in [4.69, 9.17) is 9.47 Å². The van der Waals surface area contributed by atoms with Gasteiger partial charge in [0.2, 0.25) is 6.10 Å². The molecule has 2 aromatic rings. The van der Waals surface area contributed by atoms with E-state index in [-0.39, 0.29) is 12.1 Å². The Kier molecular flexibility index (Phi) is 4.85. The molecule has 0 saturated carbocycles. The summed E-state index contributed by atoms with van der Waals surface area (Å²) in [5.74, 6) is -1.51. The molecule has 1 aliphatic heterocycles. The first-order valence-electron chi connectivity index (χ1n) is 7.79. The molecule has 0 unspecified atom stereocenters. The standard InChI is InChI=1S/C18H17F2NO4/c1-10-17(25-16-5-3-2-4-15(16)24-10)18(23)21-9-14(22)11-6-7-12(19)13(20)8-11/h2-8,10,14,17,22H,9H2,1H3,(H,21,23)/t10-,14-,17+/m0/s1. The highest BCUT2D eigenvalue weighted by Gasteiger charge is 2.34. The van der Waals surface area contributed by atoms with Crippen molar-refractivity contribution in [2.24, 2.45) is 0 Å². The summed E-state index contributed by atoms with van der Waals surface area (Å²) in [6.07, 6.45) is -2.58. The molecule has 0 aliphatic carbocycles. The van der Waals surface area contributed by atoms with Crippen LogP contribution in [0.25, 0.3) is 0 Å². The number of aliphatic hydroxyl groups is 1. The summed E-state index contributed by atoms with van der Waals surface area (Å²) < 4.78 is 37.4. The van der Waals surface area contributed by atoms with Crippen molar-refractivity contribution in [2.75, 3.05) is 6.54 Å². The van der Waals surface area contributed by atoms with Crippen LogP contribution in [-0.4, -0.2) is 29.8 Å². The van der Waals surface area contributed by atoms with Crippen molar-refractivity contribution < 1.29 is 28.2 Å². The minimum Gasteiger partial charge on any atom is -0.482 e. The maximum absolute atomic E-state index is 13.2. The van der Waals surface area contributed by atoms with Crippen molar-refractivity contribution in [1.29, 1.82) is 0 Å².